The number of hydrogen-bond acceptors (Lipinski definition) is 5. The standard InChI is InChI=1S/C27H23Br2Cl2N3O3/c1-4-36-24-11-17(9-20(29)25(24)37-14-16-5-7-21(30)22(31)10-16)13-32-34-26(15(2)3)33-23-8-6-18(28)12-19(23)27(34)35/h5-13,15H,4,14H2,1-3H3. The lowest BCUT2D eigenvalue weighted by molar-refractivity contribution is 0.267. The van der Waals surface area contributed by atoms with E-state index in [1.54, 1.807) is 24.4 Å². The third kappa shape index (κ3) is 6.37. The third-order valence-corrected chi connectivity index (χ3v) is 7.19. The van der Waals surface area contributed by atoms with E-state index in [0.717, 1.165) is 10.0 Å². The Morgan fingerprint density at radius 1 is 1.05 bits per heavy atom. The van der Waals surface area contributed by atoms with E-state index in [4.69, 9.17) is 32.7 Å². The van der Waals surface area contributed by atoms with Crippen LogP contribution in [0.25, 0.3) is 10.9 Å². The monoisotopic (exact) mass is 665 g/mol. The Hall–Kier alpha value is -2.39. The summed E-state index contributed by atoms with van der Waals surface area (Å²) in [6.07, 6.45) is 1.61. The minimum absolute atomic E-state index is 0.0132. The molecule has 0 spiro atoms. The van der Waals surface area contributed by atoms with Gasteiger partial charge in [0.15, 0.2) is 11.5 Å². The molecule has 192 valence electrons. The van der Waals surface area contributed by atoms with E-state index in [-0.39, 0.29) is 18.1 Å². The molecule has 0 aliphatic heterocycles. The highest BCUT2D eigenvalue weighted by Gasteiger charge is 2.15. The van der Waals surface area contributed by atoms with E-state index in [1.165, 1.54) is 4.68 Å². The topological polar surface area (TPSA) is 65.7 Å². The van der Waals surface area contributed by atoms with Crippen LogP contribution < -0.4 is 15.0 Å². The van der Waals surface area contributed by atoms with Crippen LogP contribution in [0.4, 0.5) is 0 Å². The van der Waals surface area contributed by atoms with Crippen molar-refractivity contribution < 1.29 is 9.47 Å². The number of ether oxygens (including phenoxy) is 2. The first-order chi connectivity index (χ1) is 17.7. The van der Waals surface area contributed by atoms with Crippen LogP contribution in [0.3, 0.4) is 0 Å². The zero-order valence-corrected chi connectivity index (χ0v) is 24.9. The van der Waals surface area contributed by atoms with Gasteiger partial charge >= 0.3 is 0 Å². The maximum absolute atomic E-state index is 13.3. The first-order valence-electron chi connectivity index (χ1n) is 11.5. The Bertz CT molecular complexity index is 1550. The van der Waals surface area contributed by atoms with Crippen LogP contribution in [-0.4, -0.2) is 22.5 Å². The fourth-order valence-corrected chi connectivity index (χ4v) is 4.88. The minimum Gasteiger partial charge on any atom is -0.490 e. The predicted octanol–water partition coefficient (Wildman–Crippen LogP) is 8.21. The van der Waals surface area contributed by atoms with Crippen molar-refractivity contribution in [1.29, 1.82) is 0 Å². The molecule has 10 heteroatoms. The number of rotatable bonds is 8. The van der Waals surface area contributed by atoms with Gasteiger partial charge in [-0.25, -0.2) is 4.98 Å². The summed E-state index contributed by atoms with van der Waals surface area (Å²) in [7, 11) is 0. The molecule has 6 nitrogen and oxygen atoms in total. The highest BCUT2D eigenvalue weighted by Crippen LogP contribution is 2.37. The molecular weight excluding hydrogens is 645 g/mol. The predicted molar refractivity (Wildman–Crippen MR) is 157 cm³/mol. The second kappa shape index (κ2) is 12.0. The van der Waals surface area contributed by atoms with E-state index in [0.29, 0.717) is 54.9 Å². The van der Waals surface area contributed by atoms with Crippen LogP contribution >= 0.6 is 55.1 Å². The highest BCUT2D eigenvalue weighted by atomic mass is 79.9. The molecule has 0 aliphatic rings. The van der Waals surface area contributed by atoms with Crippen LogP contribution in [0, 0.1) is 0 Å². The lowest BCUT2D eigenvalue weighted by atomic mass is 10.2. The summed E-state index contributed by atoms with van der Waals surface area (Å²) in [5.41, 5.74) is 1.98. The van der Waals surface area contributed by atoms with E-state index >= 15 is 0 Å². The summed E-state index contributed by atoms with van der Waals surface area (Å²) in [5.74, 6) is 1.64. The van der Waals surface area contributed by atoms with Gasteiger partial charge in [-0.3, -0.25) is 4.79 Å². The number of fused-ring (bicyclic) bond motifs is 1. The van der Waals surface area contributed by atoms with Gasteiger partial charge in [0.05, 0.1) is 38.2 Å². The van der Waals surface area contributed by atoms with E-state index in [2.05, 4.69) is 41.9 Å². The van der Waals surface area contributed by atoms with Crippen molar-refractivity contribution in [3.8, 4) is 11.5 Å². The van der Waals surface area contributed by atoms with Gasteiger partial charge in [-0.15, -0.1) is 0 Å². The lowest BCUT2D eigenvalue weighted by Crippen LogP contribution is -2.23. The van der Waals surface area contributed by atoms with Gasteiger partial charge < -0.3 is 9.47 Å². The fraction of sp³-hybridized carbons (Fsp3) is 0.222. The molecule has 0 N–H and O–H groups in total. The summed E-state index contributed by atoms with van der Waals surface area (Å²) in [5, 5.41) is 5.95. The quantitative estimate of drug-likeness (QED) is 0.178. The van der Waals surface area contributed by atoms with E-state index < -0.39 is 0 Å². The van der Waals surface area contributed by atoms with Gasteiger partial charge in [0.2, 0.25) is 0 Å². The lowest BCUT2D eigenvalue weighted by Gasteiger charge is -2.15. The van der Waals surface area contributed by atoms with Crippen LogP contribution in [0.5, 0.6) is 11.5 Å². The first-order valence-corrected chi connectivity index (χ1v) is 13.8. The van der Waals surface area contributed by atoms with Gasteiger partial charge in [0, 0.05) is 10.4 Å². The summed E-state index contributed by atoms with van der Waals surface area (Å²) in [6.45, 7) is 6.56. The van der Waals surface area contributed by atoms with E-state index in [1.807, 2.05) is 51.1 Å². The molecule has 0 saturated heterocycles. The molecule has 4 aromatic rings. The van der Waals surface area contributed by atoms with Crippen LogP contribution in [0.15, 0.2) is 67.4 Å². The van der Waals surface area contributed by atoms with Crippen molar-refractivity contribution >= 4 is 72.2 Å². The van der Waals surface area contributed by atoms with Crippen molar-refractivity contribution in [3.63, 3.8) is 0 Å². The van der Waals surface area contributed by atoms with E-state index in [9.17, 15) is 4.79 Å². The summed E-state index contributed by atoms with van der Waals surface area (Å²) in [4.78, 5) is 18.0. The number of nitrogens with zero attached hydrogens (tertiary/aromatic N) is 3. The fourth-order valence-electron chi connectivity index (χ4n) is 3.63. The maximum atomic E-state index is 13.3. The van der Waals surface area contributed by atoms with Crippen molar-refractivity contribution in [2.45, 2.75) is 33.3 Å². The molecule has 0 atom stereocenters. The van der Waals surface area contributed by atoms with Gasteiger partial charge in [0.25, 0.3) is 5.56 Å². The molecular formula is C27H23Br2Cl2N3O3. The molecule has 0 bridgehead atoms. The van der Waals surface area contributed by atoms with Crippen molar-refractivity contribution in [1.82, 2.24) is 9.66 Å². The van der Waals surface area contributed by atoms with Crippen LogP contribution in [0.2, 0.25) is 10.0 Å². The van der Waals surface area contributed by atoms with Crippen LogP contribution in [-0.2, 0) is 6.61 Å². The Kier molecular flexibility index (Phi) is 8.95. The molecule has 37 heavy (non-hydrogen) atoms. The average Bonchev–Trinajstić information content (AvgIpc) is 2.85. The molecule has 0 radical (unpaired) electrons. The number of benzene rings is 3. The van der Waals surface area contributed by atoms with Crippen LogP contribution in [0.1, 0.15) is 43.6 Å². The Morgan fingerprint density at radius 3 is 2.54 bits per heavy atom. The number of halogens is 4. The molecule has 0 fully saturated rings. The summed E-state index contributed by atoms with van der Waals surface area (Å²) in [6, 6.07) is 14.4. The summed E-state index contributed by atoms with van der Waals surface area (Å²) >= 11 is 19.2. The smallest absolute Gasteiger partial charge is 0.282 e. The molecule has 3 aromatic carbocycles. The Labute approximate surface area is 241 Å². The number of hydrogen-bond donors (Lipinski definition) is 0. The third-order valence-electron chi connectivity index (χ3n) is 5.37. The average molecular weight is 668 g/mol. The molecule has 1 aromatic heterocycles. The molecule has 4 rings (SSSR count). The first kappa shape index (κ1) is 27.6. The minimum atomic E-state index is -0.239. The SMILES string of the molecule is CCOc1cc(C=Nn2c(C(C)C)nc3ccc(Br)cc3c2=O)cc(Br)c1OCc1ccc(Cl)c(Cl)c1. The molecule has 0 aliphatic carbocycles. The Balaban J connectivity index is 1.69. The molecule has 0 unspecified atom stereocenters. The normalized spacial score (nSPS) is 11.6. The molecule has 1 heterocycles. The molecule has 0 amide bonds. The van der Waals surface area contributed by atoms with Gasteiger partial charge in [0.1, 0.15) is 12.4 Å². The largest absolute Gasteiger partial charge is 0.490 e. The Morgan fingerprint density at radius 2 is 1.84 bits per heavy atom. The van der Waals surface area contributed by atoms with Gasteiger partial charge in [-0.05, 0) is 76.4 Å². The van der Waals surface area contributed by atoms with Crippen molar-refractivity contribution in [2.24, 2.45) is 5.10 Å². The zero-order chi connectivity index (χ0) is 26.7. The highest BCUT2D eigenvalue weighted by molar-refractivity contribution is 9.10. The maximum Gasteiger partial charge on any atom is 0.282 e. The van der Waals surface area contributed by atoms with Crippen molar-refractivity contribution in [2.75, 3.05) is 6.61 Å². The second-order valence-electron chi connectivity index (χ2n) is 8.45. The second-order valence-corrected chi connectivity index (χ2v) is 11.0. The zero-order valence-electron chi connectivity index (χ0n) is 20.3. The van der Waals surface area contributed by atoms with Crippen molar-refractivity contribution in [3.05, 3.63) is 94.8 Å². The number of aromatic nitrogens is 2. The molecule has 0 saturated carbocycles. The van der Waals surface area contributed by atoms with Gasteiger partial charge in [-0.2, -0.15) is 9.78 Å². The van der Waals surface area contributed by atoms with Gasteiger partial charge in [-0.1, -0.05) is 59.0 Å². The summed E-state index contributed by atoms with van der Waals surface area (Å²) < 4.78 is 14.7.